The van der Waals surface area contributed by atoms with Crippen LogP contribution in [0.5, 0.6) is 0 Å². The molecule has 0 saturated heterocycles. The molecule has 22 rings (SSSR count). The van der Waals surface area contributed by atoms with Crippen molar-refractivity contribution in [2.24, 2.45) is 0 Å². The van der Waals surface area contributed by atoms with Gasteiger partial charge in [0.1, 0.15) is 0 Å². The normalized spacial score (nSPS) is 13.4. The summed E-state index contributed by atoms with van der Waals surface area (Å²) in [5.41, 5.74) is 35.0. The monoisotopic (exact) mass is 1470 g/mol. The lowest BCUT2D eigenvalue weighted by molar-refractivity contribution is 0.766. The lowest BCUT2D eigenvalue weighted by Gasteiger charge is -2.35. The van der Waals surface area contributed by atoms with Gasteiger partial charge in [0.05, 0.1) is 27.6 Å². The zero-order chi connectivity index (χ0) is 76.8. The molecule has 115 heavy (non-hydrogen) atoms. The summed E-state index contributed by atoms with van der Waals surface area (Å²) in [7, 11) is 0. The van der Waals surface area contributed by atoms with E-state index in [2.05, 4.69) is 461 Å². The van der Waals surface area contributed by atoms with E-state index in [0.29, 0.717) is 0 Å². The minimum Gasteiger partial charge on any atom is -0.310 e. The number of aryl methyl sites for hydroxylation is 3. The molecule has 0 amide bonds. The average Bonchev–Trinajstić information content (AvgIpc) is 1.61. The number of fused-ring (bicyclic) bond motifs is 9. The van der Waals surface area contributed by atoms with E-state index in [9.17, 15) is 0 Å². The average molecular weight is 1470 g/mol. The van der Waals surface area contributed by atoms with Gasteiger partial charge >= 0.3 is 0 Å². The number of hydrogen-bond donors (Lipinski definition) is 0. The Hall–Kier alpha value is -14.2. The summed E-state index contributed by atoms with van der Waals surface area (Å²) in [6.45, 7) is 6.56. The van der Waals surface area contributed by atoms with E-state index in [1.54, 1.807) is 0 Å². The van der Waals surface area contributed by atoms with Crippen LogP contribution < -0.4 is 9.80 Å². The summed E-state index contributed by atoms with van der Waals surface area (Å²) in [4.78, 5) is 5.00. The first-order valence-corrected chi connectivity index (χ1v) is 40.3. The third-order valence-electron chi connectivity index (χ3n) is 25.0. The number of benzene rings is 19. The first-order valence-electron chi connectivity index (χ1n) is 40.3. The summed E-state index contributed by atoms with van der Waals surface area (Å²) in [5, 5.41) is 7.32. The van der Waals surface area contributed by atoms with Crippen LogP contribution >= 0.6 is 0 Å². The van der Waals surface area contributed by atoms with Gasteiger partial charge in [-0.1, -0.05) is 376 Å². The van der Waals surface area contributed by atoms with Crippen molar-refractivity contribution in [2.45, 2.75) is 43.4 Å². The van der Waals surface area contributed by atoms with Crippen LogP contribution in [0.1, 0.15) is 94.6 Å². The zero-order valence-corrected chi connectivity index (χ0v) is 64.6. The van der Waals surface area contributed by atoms with Crippen LogP contribution in [-0.2, 0) is 22.7 Å². The van der Waals surface area contributed by atoms with E-state index in [1.165, 1.54) is 160 Å². The number of nitrogens with zero attached hydrogens (tertiary/aromatic N) is 2. The van der Waals surface area contributed by atoms with E-state index >= 15 is 0 Å². The highest BCUT2D eigenvalue weighted by Crippen LogP contribution is 2.61. The highest BCUT2D eigenvalue weighted by Gasteiger charge is 2.49. The van der Waals surface area contributed by atoms with Crippen LogP contribution in [0.3, 0.4) is 0 Å². The lowest BCUT2D eigenvalue weighted by atomic mass is 9.67. The fraction of sp³-hybridized carbons (Fsp3) is 0.0619. The predicted octanol–water partition coefficient (Wildman–Crippen LogP) is 28.8. The molecule has 2 nitrogen and oxygen atoms in total. The Bertz CT molecular complexity index is 6510. The Balaban J connectivity index is 0.000000209. The van der Waals surface area contributed by atoms with Crippen molar-refractivity contribution in [3.05, 3.63) is 525 Å². The van der Waals surface area contributed by atoms with Crippen LogP contribution in [0.2, 0.25) is 0 Å². The van der Waals surface area contributed by atoms with Crippen molar-refractivity contribution in [2.75, 3.05) is 9.80 Å². The second kappa shape index (κ2) is 27.9. The van der Waals surface area contributed by atoms with Crippen molar-refractivity contribution in [3.8, 4) is 33.4 Å². The van der Waals surface area contributed by atoms with E-state index in [1.807, 2.05) is 0 Å². The van der Waals surface area contributed by atoms with Crippen LogP contribution in [0.15, 0.2) is 431 Å². The van der Waals surface area contributed by atoms with E-state index in [4.69, 9.17) is 0 Å². The summed E-state index contributed by atoms with van der Waals surface area (Å²) >= 11 is 0. The Morgan fingerprint density at radius 2 is 0.461 bits per heavy atom. The van der Waals surface area contributed by atoms with Gasteiger partial charge in [0.15, 0.2) is 0 Å². The topological polar surface area (TPSA) is 6.48 Å². The fourth-order valence-electron chi connectivity index (χ4n) is 20.4. The molecular formula is C113H82N2. The Kier molecular flexibility index (Phi) is 16.7. The Morgan fingerprint density at radius 1 is 0.200 bits per heavy atom. The van der Waals surface area contributed by atoms with Crippen molar-refractivity contribution >= 4 is 66.4 Å². The van der Waals surface area contributed by atoms with Crippen molar-refractivity contribution in [1.82, 2.24) is 0 Å². The van der Waals surface area contributed by atoms with Gasteiger partial charge < -0.3 is 9.80 Å². The molecule has 0 aliphatic heterocycles. The molecule has 0 N–H and O–H groups in total. The molecular weight excluding hydrogens is 1390 g/mol. The molecule has 0 bridgehead atoms. The van der Waals surface area contributed by atoms with E-state index in [-0.39, 0.29) is 5.41 Å². The molecule has 3 aliphatic rings. The van der Waals surface area contributed by atoms with Crippen molar-refractivity contribution < 1.29 is 0 Å². The molecule has 0 atom stereocenters. The number of anilines is 6. The van der Waals surface area contributed by atoms with Gasteiger partial charge in [-0.2, -0.15) is 0 Å². The van der Waals surface area contributed by atoms with Gasteiger partial charge in [-0.25, -0.2) is 0 Å². The highest BCUT2D eigenvalue weighted by atomic mass is 15.2. The van der Waals surface area contributed by atoms with Crippen LogP contribution in [-0.4, -0.2) is 0 Å². The second-order valence-electron chi connectivity index (χ2n) is 31.5. The minimum absolute atomic E-state index is 0.322. The maximum atomic E-state index is 2.50. The third kappa shape index (κ3) is 10.9. The minimum atomic E-state index is -0.543. The standard InChI is InChI=1S/C80H56N2.C33H26/c1-53-21-17-29-61(49-53)81(63-31-19-27-59(51-63)79(57-23-5-3-6-24-57)71-37-13-9-33-65(71)66-34-10-14-38-72(66)79)75-47-43-55-42-46-70-76(48-44-56-41-45-69(75)77(55)78(56)70)82(62-30-18-22-54(2)50-62)64-32-20-28-60(52-64)80(58-25-7-4-8-26-58)73-39-15-11-35-67(73)68-36-12-16-40-74(68)80;1-24-11-9-12-25(21-24)22-26-13-10-16-28(23-26)33(27-14-3-2-4-15-27)31-19-7-5-17-29(31)30-18-6-8-20-32(30)33/h3-52H,1-2H3;2-21,23H,22H2,1H3. The molecule has 19 aromatic rings. The van der Waals surface area contributed by atoms with Crippen LogP contribution in [0, 0.1) is 20.8 Å². The molecule has 0 fully saturated rings. The Labute approximate surface area is 673 Å². The highest BCUT2D eigenvalue weighted by molar-refractivity contribution is 6.28. The molecule has 0 heterocycles. The summed E-state index contributed by atoms with van der Waals surface area (Å²) < 4.78 is 0. The molecule has 2 heteroatoms. The van der Waals surface area contributed by atoms with Gasteiger partial charge in [0, 0.05) is 33.5 Å². The summed E-state index contributed by atoms with van der Waals surface area (Å²) in [5.74, 6) is 0. The first kappa shape index (κ1) is 68.8. The smallest absolute Gasteiger partial charge is 0.0714 e. The number of hydrogen-bond acceptors (Lipinski definition) is 2. The van der Waals surface area contributed by atoms with E-state index < -0.39 is 10.8 Å². The van der Waals surface area contributed by atoms with E-state index in [0.717, 1.165) is 40.5 Å². The SMILES string of the molecule is Cc1cccc(Cc2cccc(C3(c4ccccc4)c4ccccc4-c4ccccc43)c2)c1.Cc1cccc(N(c2cccc(C3(c4ccccc4)c4ccccc4-c4ccccc43)c2)c2ccc3ccc4c(N(c5cccc(C)c5)c5cccc(C6(c7ccccc7)c7ccccc7-c7ccccc76)c5)ccc5ccc2c3c54)c1. The predicted molar refractivity (Wildman–Crippen MR) is 481 cm³/mol. The van der Waals surface area contributed by atoms with Gasteiger partial charge in [0.2, 0.25) is 0 Å². The fourth-order valence-corrected chi connectivity index (χ4v) is 20.4. The Morgan fingerprint density at radius 3 is 0.800 bits per heavy atom. The zero-order valence-electron chi connectivity index (χ0n) is 64.6. The first-order chi connectivity index (χ1) is 56.8. The maximum Gasteiger partial charge on any atom is 0.0714 e. The molecule has 0 spiro atoms. The molecule has 0 radical (unpaired) electrons. The quantitative estimate of drug-likeness (QED) is 0.100. The molecule has 0 saturated carbocycles. The maximum absolute atomic E-state index is 2.50. The van der Waals surface area contributed by atoms with Crippen LogP contribution in [0.4, 0.5) is 34.1 Å². The molecule has 0 aromatic heterocycles. The number of rotatable bonds is 14. The third-order valence-corrected chi connectivity index (χ3v) is 25.0. The largest absolute Gasteiger partial charge is 0.310 e. The van der Waals surface area contributed by atoms with Gasteiger partial charge in [-0.05, 0) is 232 Å². The molecule has 19 aromatic carbocycles. The van der Waals surface area contributed by atoms with Crippen molar-refractivity contribution in [3.63, 3.8) is 0 Å². The molecule has 544 valence electrons. The summed E-state index contributed by atoms with van der Waals surface area (Å²) in [6.07, 6.45) is 0.934. The summed E-state index contributed by atoms with van der Waals surface area (Å²) in [6, 6.07) is 161. The van der Waals surface area contributed by atoms with Gasteiger partial charge in [0.25, 0.3) is 0 Å². The second-order valence-corrected chi connectivity index (χ2v) is 31.5. The van der Waals surface area contributed by atoms with Crippen molar-refractivity contribution in [1.29, 1.82) is 0 Å². The molecule has 3 aliphatic carbocycles. The molecule has 0 unspecified atom stereocenters. The van der Waals surface area contributed by atoms with Gasteiger partial charge in [-0.3, -0.25) is 0 Å². The van der Waals surface area contributed by atoms with Gasteiger partial charge in [-0.15, -0.1) is 0 Å². The van der Waals surface area contributed by atoms with Crippen LogP contribution in [0.25, 0.3) is 65.7 Å². The lowest BCUT2D eigenvalue weighted by Crippen LogP contribution is -2.28.